The van der Waals surface area contributed by atoms with Crippen LogP contribution in [-0.2, 0) is 16.1 Å². The third kappa shape index (κ3) is 4.28. The minimum atomic E-state index is -0.221. The van der Waals surface area contributed by atoms with Crippen LogP contribution in [0.15, 0.2) is 12.5 Å². The molecule has 1 aromatic heterocycles. The summed E-state index contributed by atoms with van der Waals surface area (Å²) in [6, 6.07) is -0.221. The van der Waals surface area contributed by atoms with Crippen LogP contribution in [-0.4, -0.2) is 53.2 Å². The molecule has 1 N–H and O–H groups in total. The summed E-state index contributed by atoms with van der Waals surface area (Å²) in [5, 5.41) is 3.40. The van der Waals surface area contributed by atoms with Crippen molar-refractivity contribution in [1.29, 1.82) is 0 Å². The number of ether oxygens (including phenoxy) is 1. The molecule has 0 aliphatic carbocycles. The van der Waals surface area contributed by atoms with Crippen molar-refractivity contribution < 1.29 is 9.53 Å². The zero-order valence-corrected chi connectivity index (χ0v) is 13.2. The van der Waals surface area contributed by atoms with Gasteiger partial charge in [-0.25, -0.2) is 4.98 Å². The van der Waals surface area contributed by atoms with Crippen LogP contribution in [0.5, 0.6) is 0 Å². The van der Waals surface area contributed by atoms with Crippen molar-refractivity contribution in [2.45, 2.75) is 33.4 Å². The molecule has 118 valence electrons. The second kappa shape index (κ2) is 7.56. The molecule has 1 saturated heterocycles. The maximum atomic E-state index is 12.5. The van der Waals surface area contributed by atoms with Crippen LogP contribution in [0.25, 0.3) is 0 Å². The third-order valence-electron chi connectivity index (χ3n) is 3.70. The van der Waals surface area contributed by atoms with Crippen LogP contribution in [0.1, 0.15) is 32.5 Å². The molecular formula is C15H26N4O2. The Balaban J connectivity index is 1.96. The van der Waals surface area contributed by atoms with E-state index >= 15 is 0 Å². The smallest absolute Gasteiger partial charge is 0.245 e. The summed E-state index contributed by atoms with van der Waals surface area (Å²) in [7, 11) is 0. The molecule has 1 unspecified atom stereocenters. The summed E-state index contributed by atoms with van der Waals surface area (Å²) in [5.41, 5.74) is 1.05. The molecule has 1 atom stereocenters. The summed E-state index contributed by atoms with van der Waals surface area (Å²) in [4.78, 5) is 18.6. The number of hydrogen-bond donors (Lipinski definition) is 1. The summed E-state index contributed by atoms with van der Waals surface area (Å²) in [6.45, 7) is 10.6. The number of hydrogen-bond acceptors (Lipinski definition) is 4. The Hall–Kier alpha value is -1.40. The van der Waals surface area contributed by atoms with Gasteiger partial charge in [-0.15, -0.1) is 0 Å². The lowest BCUT2D eigenvalue weighted by Gasteiger charge is -2.30. The first-order valence-corrected chi connectivity index (χ1v) is 7.67. The van der Waals surface area contributed by atoms with Gasteiger partial charge in [0.25, 0.3) is 0 Å². The Bertz CT molecular complexity index is 452. The van der Waals surface area contributed by atoms with E-state index in [4.69, 9.17) is 4.74 Å². The van der Waals surface area contributed by atoms with E-state index in [1.807, 2.05) is 22.6 Å². The van der Waals surface area contributed by atoms with Gasteiger partial charge < -0.3 is 19.5 Å². The summed E-state index contributed by atoms with van der Waals surface area (Å²) in [5.74, 6) is 0.746. The number of aromatic nitrogens is 2. The number of nitrogens with zero attached hydrogens (tertiary/aromatic N) is 3. The predicted octanol–water partition coefficient (Wildman–Crippen LogP) is 1.05. The Morgan fingerprint density at radius 2 is 2.10 bits per heavy atom. The normalized spacial score (nSPS) is 17.2. The fourth-order valence-corrected chi connectivity index (χ4v) is 2.47. The van der Waals surface area contributed by atoms with Crippen LogP contribution in [0.3, 0.4) is 0 Å². The predicted molar refractivity (Wildman–Crippen MR) is 80.9 cm³/mol. The monoisotopic (exact) mass is 294 g/mol. The molecule has 6 heteroatoms. The largest absolute Gasteiger partial charge is 0.378 e. The molecular weight excluding hydrogens is 268 g/mol. The average molecular weight is 294 g/mol. The fourth-order valence-electron chi connectivity index (χ4n) is 2.47. The molecule has 1 aliphatic rings. The molecule has 0 spiro atoms. The van der Waals surface area contributed by atoms with Gasteiger partial charge in [-0.2, -0.15) is 0 Å². The van der Waals surface area contributed by atoms with E-state index in [2.05, 4.69) is 24.1 Å². The van der Waals surface area contributed by atoms with Gasteiger partial charge in [0, 0.05) is 25.8 Å². The molecule has 0 radical (unpaired) electrons. The van der Waals surface area contributed by atoms with E-state index in [1.165, 1.54) is 0 Å². The third-order valence-corrected chi connectivity index (χ3v) is 3.70. The molecule has 0 bridgehead atoms. The molecule has 0 saturated carbocycles. The van der Waals surface area contributed by atoms with E-state index in [1.54, 1.807) is 6.33 Å². The lowest BCUT2D eigenvalue weighted by atomic mass is 10.2. The standard InChI is InChI=1S/C15H26N4O2/c1-12(2)8-16-9-14-10-17-11-19(14)13(3)15(20)18-4-6-21-7-5-18/h10-13,16H,4-9H2,1-3H3. The summed E-state index contributed by atoms with van der Waals surface area (Å²) < 4.78 is 7.26. The van der Waals surface area contributed by atoms with E-state index < -0.39 is 0 Å². The van der Waals surface area contributed by atoms with Crippen LogP contribution < -0.4 is 5.32 Å². The Morgan fingerprint density at radius 3 is 2.76 bits per heavy atom. The van der Waals surface area contributed by atoms with Crippen molar-refractivity contribution in [3.63, 3.8) is 0 Å². The second-order valence-electron chi connectivity index (χ2n) is 5.93. The van der Waals surface area contributed by atoms with Crippen LogP contribution in [0.2, 0.25) is 0 Å². The Morgan fingerprint density at radius 1 is 1.38 bits per heavy atom. The minimum absolute atomic E-state index is 0.140. The van der Waals surface area contributed by atoms with Crippen molar-refractivity contribution in [3.8, 4) is 0 Å². The van der Waals surface area contributed by atoms with Gasteiger partial charge in [-0.3, -0.25) is 4.79 Å². The van der Waals surface area contributed by atoms with E-state index in [-0.39, 0.29) is 11.9 Å². The maximum Gasteiger partial charge on any atom is 0.245 e. The second-order valence-corrected chi connectivity index (χ2v) is 5.93. The molecule has 2 heterocycles. The Labute approximate surface area is 126 Å². The van der Waals surface area contributed by atoms with Crippen LogP contribution >= 0.6 is 0 Å². The van der Waals surface area contributed by atoms with Gasteiger partial charge in [0.1, 0.15) is 6.04 Å². The maximum absolute atomic E-state index is 12.5. The number of morpholine rings is 1. The van der Waals surface area contributed by atoms with Crippen molar-refractivity contribution in [2.75, 3.05) is 32.8 Å². The van der Waals surface area contributed by atoms with Gasteiger partial charge in [0.15, 0.2) is 0 Å². The van der Waals surface area contributed by atoms with Gasteiger partial charge in [0.2, 0.25) is 5.91 Å². The zero-order valence-electron chi connectivity index (χ0n) is 13.2. The van der Waals surface area contributed by atoms with Gasteiger partial charge in [-0.05, 0) is 19.4 Å². The molecule has 2 rings (SSSR count). The molecule has 1 aromatic rings. The van der Waals surface area contributed by atoms with Crippen molar-refractivity contribution in [1.82, 2.24) is 19.8 Å². The number of carbonyl (C=O) groups is 1. The van der Waals surface area contributed by atoms with E-state index in [0.29, 0.717) is 32.2 Å². The van der Waals surface area contributed by atoms with Gasteiger partial charge in [-0.1, -0.05) is 13.8 Å². The number of rotatable bonds is 6. The summed E-state index contributed by atoms with van der Waals surface area (Å²) in [6.07, 6.45) is 3.58. The van der Waals surface area contributed by atoms with Crippen molar-refractivity contribution in [3.05, 3.63) is 18.2 Å². The van der Waals surface area contributed by atoms with Crippen LogP contribution in [0.4, 0.5) is 0 Å². The highest BCUT2D eigenvalue weighted by atomic mass is 16.5. The van der Waals surface area contributed by atoms with E-state index in [0.717, 1.165) is 18.8 Å². The SMILES string of the molecule is CC(C)CNCc1cncn1C(C)C(=O)N1CCOCC1. The molecule has 1 aliphatic heterocycles. The molecule has 1 fully saturated rings. The molecule has 0 aromatic carbocycles. The lowest BCUT2D eigenvalue weighted by Crippen LogP contribution is -2.43. The van der Waals surface area contributed by atoms with Gasteiger partial charge >= 0.3 is 0 Å². The van der Waals surface area contributed by atoms with E-state index in [9.17, 15) is 4.79 Å². The van der Waals surface area contributed by atoms with Crippen LogP contribution in [0, 0.1) is 5.92 Å². The van der Waals surface area contributed by atoms with Gasteiger partial charge in [0.05, 0.1) is 25.2 Å². The molecule has 1 amide bonds. The first kappa shape index (κ1) is 16.0. The quantitative estimate of drug-likeness (QED) is 0.852. The highest BCUT2D eigenvalue weighted by molar-refractivity contribution is 5.80. The number of nitrogens with one attached hydrogen (secondary N) is 1. The topological polar surface area (TPSA) is 59.4 Å². The minimum Gasteiger partial charge on any atom is -0.378 e. The molecule has 6 nitrogen and oxygen atoms in total. The highest BCUT2D eigenvalue weighted by Crippen LogP contribution is 2.14. The summed E-state index contributed by atoms with van der Waals surface area (Å²) >= 11 is 0. The van der Waals surface area contributed by atoms with Crippen molar-refractivity contribution >= 4 is 5.91 Å². The van der Waals surface area contributed by atoms with Crippen molar-refractivity contribution in [2.24, 2.45) is 5.92 Å². The number of amides is 1. The molecule has 21 heavy (non-hydrogen) atoms. The average Bonchev–Trinajstić information content (AvgIpc) is 2.94. The number of imidazole rings is 1. The number of carbonyl (C=O) groups excluding carboxylic acids is 1. The lowest BCUT2D eigenvalue weighted by molar-refractivity contribution is -0.138. The fraction of sp³-hybridized carbons (Fsp3) is 0.733. The zero-order chi connectivity index (χ0) is 15.2. The first-order valence-electron chi connectivity index (χ1n) is 7.67. The highest BCUT2D eigenvalue weighted by Gasteiger charge is 2.24. The first-order chi connectivity index (χ1) is 10.1. The Kier molecular flexibility index (Phi) is 5.76.